The number of hydrogen-bond donors (Lipinski definition) is 2. The molecule has 2 aromatic rings. The third-order valence-electron chi connectivity index (χ3n) is 4.03. The van der Waals surface area contributed by atoms with Crippen LogP contribution < -0.4 is 10.6 Å². The molecule has 0 aliphatic rings. The van der Waals surface area contributed by atoms with Gasteiger partial charge < -0.3 is 10.6 Å². The van der Waals surface area contributed by atoms with Crippen LogP contribution in [0.1, 0.15) is 34.6 Å². The van der Waals surface area contributed by atoms with Crippen LogP contribution in [-0.4, -0.2) is 27.5 Å². The summed E-state index contributed by atoms with van der Waals surface area (Å²) < 4.78 is 26.3. The summed E-state index contributed by atoms with van der Waals surface area (Å²) in [7, 11) is -3.61. The van der Waals surface area contributed by atoms with Crippen molar-refractivity contribution >= 4 is 27.2 Å². The first-order chi connectivity index (χ1) is 11.9. The van der Waals surface area contributed by atoms with Crippen molar-refractivity contribution in [3.05, 3.63) is 51.7 Å². The van der Waals surface area contributed by atoms with Gasteiger partial charge in [-0.15, -0.1) is 11.3 Å². The number of aryl methyl sites for hydroxylation is 2. The Morgan fingerprint density at radius 3 is 2.52 bits per heavy atom. The number of carbonyl (C=O) groups is 1. The van der Waals surface area contributed by atoms with E-state index in [1.165, 1.54) is 11.3 Å². The van der Waals surface area contributed by atoms with Gasteiger partial charge in [0.05, 0.1) is 4.90 Å². The molecule has 0 saturated heterocycles. The van der Waals surface area contributed by atoms with Crippen LogP contribution in [0.4, 0.5) is 4.79 Å². The highest BCUT2D eigenvalue weighted by atomic mass is 32.2. The van der Waals surface area contributed by atoms with Crippen LogP contribution in [0.2, 0.25) is 0 Å². The summed E-state index contributed by atoms with van der Waals surface area (Å²) in [6, 6.07) is 8.41. The highest BCUT2D eigenvalue weighted by molar-refractivity contribution is 7.91. The Morgan fingerprint density at radius 1 is 1.16 bits per heavy atom. The van der Waals surface area contributed by atoms with Gasteiger partial charge in [0.15, 0.2) is 9.84 Å². The van der Waals surface area contributed by atoms with Crippen LogP contribution in [0, 0.1) is 13.8 Å². The Morgan fingerprint density at radius 2 is 1.92 bits per heavy atom. The largest absolute Gasteiger partial charge is 0.338 e. The highest BCUT2D eigenvalue weighted by Crippen LogP contribution is 2.32. The van der Waals surface area contributed by atoms with Crippen molar-refractivity contribution in [1.82, 2.24) is 10.6 Å². The lowest BCUT2D eigenvalue weighted by molar-refractivity contribution is 0.241. The number of urea groups is 1. The second-order valence-electron chi connectivity index (χ2n) is 5.93. The van der Waals surface area contributed by atoms with Gasteiger partial charge in [0.1, 0.15) is 5.25 Å². The molecule has 0 fully saturated rings. The van der Waals surface area contributed by atoms with Crippen molar-refractivity contribution in [2.75, 3.05) is 13.1 Å². The van der Waals surface area contributed by atoms with Crippen molar-refractivity contribution < 1.29 is 13.2 Å². The molecule has 0 bridgehead atoms. The normalized spacial score (nSPS) is 12.6. The molecule has 1 heterocycles. The van der Waals surface area contributed by atoms with Crippen LogP contribution in [0.3, 0.4) is 0 Å². The van der Waals surface area contributed by atoms with Gasteiger partial charge in [0, 0.05) is 18.0 Å². The molecule has 1 atom stereocenters. The van der Waals surface area contributed by atoms with E-state index in [1.54, 1.807) is 18.2 Å². The summed E-state index contributed by atoms with van der Waals surface area (Å²) in [6.45, 7) is 6.39. The first-order valence-corrected chi connectivity index (χ1v) is 10.6. The lowest BCUT2D eigenvalue weighted by atomic mass is 10.1. The maximum atomic E-state index is 13.2. The first kappa shape index (κ1) is 19.5. The predicted molar refractivity (Wildman–Crippen MR) is 102 cm³/mol. The van der Waals surface area contributed by atoms with Crippen molar-refractivity contribution in [3.63, 3.8) is 0 Å². The molecule has 2 rings (SSSR count). The molecule has 2 amide bonds. The topological polar surface area (TPSA) is 75.3 Å². The van der Waals surface area contributed by atoms with Gasteiger partial charge in [-0.25, -0.2) is 13.2 Å². The van der Waals surface area contributed by atoms with E-state index in [9.17, 15) is 13.2 Å². The number of rotatable bonds is 7. The maximum absolute atomic E-state index is 13.2. The van der Waals surface area contributed by atoms with Crippen LogP contribution >= 0.6 is 11.3 Å². The fourth-order valence-electron chi connectivity index (χ4n) is 2.38. The van der Waals surface area contributed by atoms with Crippen LogP contribution in [0.15, 0.2) is 40.6 Å². The Hall–Kier alpha value is -1.86. The van der Waals surface area contributed by atoms with Crippen molar-refractivity contribution in [1.29, 1.82) is 0 Å². The molecule has 0 aliphatic heterocycles. The number of carbonyl (C=O) groups excluding carboxylic acids is 1. The Bertz CT molecular complexity index is 815. The molecule has 0 saturated carbocycles. The Labute approximate surface area is 153 Å². The molecule has 0 spiro atoms. The molecule has 7 heteroatoms. The fourth-order valence-corrected chi connectivity index (χ4v) is 5.25. The molecule has 5 nitrogen and oxygen atoms in total. The van der Waals surface area contributed by atoms with Gasteiger partial charge >= 0.3 is 6.03 Å². The molecular weight excluding hydrogens is 356 g/mol. The van der Waals surface area contributed by atoms with Gasteiger partial charge in [-0.05, 0) is 55.0 Å². The molecule has 1 aromatic heterocycles. The number of thiophene rings is 1. The second-order valence-corrected chi connectivity index (χ2v) is 9.04. The van der Waals surface area contributed by atoms with E-state index in [-0.39, 0.29) is 17.5 Å². The predicted octanol–water partition coefficient (Wildman–Crippen LogP) is 3.59. The van der Waals surface area contributed by atoms with Crippen molar-refractivity contribution in [2.45, 2.75) is 37.3 Å². The molecule has 1 aromatic carbocycles. The van der Waals surface area contributed by atoms with Crippen LogP contribution in [0.5, 0.6) is 0 Å². The van der Waals surface area contributed by atoms with E-state index in [4.69, 9.17) is 0 Å². The maximum Gasteiger partial charge on any atom is 0.314 e. The van der Waals surface area contributed by atoms with Gasteiger partial charge in [-0.3, -0.25) is 0 Å². The minimum Gasteiger partial charge on any atom is -0.338 e. The summed E-state index contributed by atoms with van der Waals surface area (Å²) in [5.74, 6) is 0. The number of sulfone groups is 1. The van der Waals surface area contributed by atoms with E-state index in [0.717, 1.165) is 17.5 Å². The summed E-state index contributed by atoms with van der Waals surface area (Å²) in [6.07, 6.45) is 0.822. The molecule has 136 valence electrons. The summed E-state index contributed by atoms with van der Waals surface area (Å²) in [5.41, 5.74) is 1.98. The van der Waals surface area contributed by atoms with Crippen LogP contribution in [0.25, 0.3) is 0 Å². The third kappa shape index (κ3) is 4.83. The number of nitrogens with one attached hydrogen (secondary N) is 2. The summed E-state index contributed by atoms with van der Waals surface area (Å²) in [4.78, 5) is 12.8. The van der Waals surface area contributed by atoms with E-state index in [1.807, 2.05) is 38.3 Å². The SMILES string of the molecule is CCCNC(=O)NC[C@@H](c1cccs1)S(=O)(=O)c1ccc(C)c(C)c1. The zero-order chi connectivity index (χ0) is 18.4. The number of hydrogen-bond acceptors (Lipinski definition) is 4. The molecule has 2 N–H and O–H groups in total. The summed E-state index contributed by atoms with van der Waals surface area (Å²) >= 11 is 1.38. The van der Waals surface area contributed by atoms with Gasteiger partial charge in [0.2, 0.25) is 0 Å². The number of amides is 2. The monoisotopic (exact) mass is 380 g/mol. The van der Waals surface area contributed by atoms with E-state index in [2.05, 4.69) is 10.6 Å². The standard InChI is InChI=1S/C18H24N2O3S2/c1-4-9-19-18(21)20-12-17(16-6-5-10-24-16)25(22,23)15-8-7-13(2)14(3)11-15/h5-8,10-11,17H,4,9,12H2,1-3H3,(H2,19,20,21)/t17-/m0/s1. The van der Waals surface area contributed by atoms with Crippen molar-refractivity contribution in [2.24, 2.45) is 0 Å². The minimum atomic E-state index is -3.61. The average Bonchev–Trinajstić information content (AvgIpc) is 3.09. The Kier molecular flexibility index (Phi) is 6.61. The molecule has 0 radical (unpaired) electrons. The van der Waals surface area contributed by atoms with E-state index < -0.39 is 15.1 Å². The van der Waals surface area contributed by atoms with E-state index in [0.29, 0.717) is 11.4 Å². The first-order valence-electron chi connectivity index (χ1n) is 8.22. The fraction of sp³-hybridized carbons (Fsp3) is 0.389. The van der Waals surface area contributed by atoms with Gasteiger partial charge in [0.25, 0.3) is 0 Å². The summed E-state index contributed by atoms with van der Waals surface area (Å²) in [5, 5.41) is 6.42. The zero-order valence-electron chi connectivity index (χ0n) is 14.7. The lowest BCUT2D eigenvalue weighted by Crippen LogP contribution is -2.39. The van der Waals surface area contributed by atoms with E-state index >= 15 is 0 Å². The minimum absolute atomic E-state index is 0.0331. The molecular formula is C18H24N2O3S2. The third-order valence-corrected chi connectivity index (χ3v) is 7.24. The lowest BCUT2D eigenvalue weighted by Gasteiger charge is -2.18. The van der Waals surface area contributed by atoms with Gasteiger partial charge in [-0.1, -0.05) is 19.1 Å². The second kappa shape index (κ2) is 8.49. The molecule has 25 heavy (non-hydrogen) atoms. The van der Waals surface area contributed by atoms with Gasteiger partial charge in [-0.2, -0.15) is 0 Å². The average molecular weight is 381 g/mol. The smallest absolute Gasteiger partial charge is 0.314 e. The molecule has 0 aliphatic carbocycles. The zero-order valence-corrected chi connectivity index (χ0v) is 16.3. The highest BCUT2D eigenvalue weighted by Gasteiger charge is 2.30. The quantitative estimate of drug-likeness (QED) is 0.771. The molecule has 0 unspecified atom stereocenters. The van der Waals surface area contributed by atoms with Crippen molar-refractivity contribution in [3.8, 4) is 0 Å². The number of benzene rings is 1. The van der Waals surface area contributed by atoms with Crippen LogP contribution in [-0.2, 0) is 9.84 Å². The Balaban J connectivity index is 2.28.